The van der Waals surface area contributed by atoms with E-state index in [-0.39, 0.29) is 18.1 Å². The van der Waals surface area contributed by atoms with E-state index in [9.17, 15) is 4.79 Å². The van der Waals surface area contributed by atoms with Crippen LogP contribution in [0.3, 0.4) is 0 Å². The van der Waals surface area contributed by atoms with Gasteiger partial charge >= 0.3 is 0 Å². The van der Waals surface area contributed by atoms with Crippen LogP contribution in [0.5, 0.6) is 0 Å². The number of H-pyrrole nitrogens is 1. The van der Waals surface area contributed by atoms with Gasteiger partial charge in [0.2, 0.25) is 0 Å². The fourth-order valence-corrected chi connectivity index (χ4v) is 2.75. The zero-order valence-electron chi connectivity index (χ0n) is 11.4. The first kappa shape index (κ1) is 15.0. The number of carbonyl (C=O) groups is 1. The van der Waals surface area contributed by atoms with E-state index in [4.69, 9.17) is 10.00 Å². The van der Waals surface area contributed by atoms with Crippen LogP contribution in [0.15, 0.2) is 4.47 Å². The van der Waals surface area contributed by atoms with Gasteiger partial charge in [0.1, 0.15) is 11.8 Å². The number of aromatic amines is 1. The van der Waals surface area contributed by atoms with Crippen molar-refractivity contribution in [1.29, 1.82) is 5.26 Å². The Morgan fingerprint density at radius 1 is 1.60 bits per heavy atom. The van der Waals surface area contributed by atoms with Crippen molar-refractivity contribution in [3.63, 3.8) is 0 Å². The maximum absolute atomic E-state index is 12.3. The number of aromatic nitrogens is 1. The van der Waals surface area contributed by atoms with Crippen LogP contribution in [0, 0.1) is 18.3 Å². The number of hydrogen-bond acceptors (Lipinski definition) is 4. The first-order valence-electron chi connectivity index (χ1n) is 6.41. The molecule has 1 aromatic rings. The summed E-state index contributed by atoms with van der Waals surface area (Å²) in [6, 6.07) is 1.99. The molecule has 108 valence electrons. The molecule has 1 aliphatic rings. The molecule has 0 bridgehead atoms. The molecule has 0 saturated carbocycles. The van der Waals surface area contributed by atoms with Gasteiger partial charge in [-0.3, -0.25) is 4.79 Å². The maximum Gasteiger partial charge on any atom is 0.269 e. The molecule has 0 aromatic carbocycles. The van der Waals surface area contributed by atoms with E-state index in [1.54, 1.807) is 7.11 Å². The van der Waals surface area contributed by atoms with Crippen LogP contribution in [0.25, 0.3) is 0 Å². The van der Waals surface area contributed by atoms with Crippen molar-refractivity contribution in [3.05, 3.63) is 21.4 Å². The number of ether oxygens (including phenoxy) is 1. The highest BCUT2D eigenvalue weighted by molar-refractivity contribution is 9.10. The summed E-state index contributed by atoms with van der Waals surface area (Å²) in [7, 11) is 1.63. The Balaban J connectivity index is 2.16. The lowest BCUT2D eigenvalue weighted by molar-refractivity contribution is 0.0475. The van der Waals surface area contributed by atoms with Crippen LogP contribution < -0.4 is 10.6 Å². The number of halogens is 1. The summed E-state index contributed by atoms with van der Waals surface area (Å²) >= 11 is 3.31. The van der Waals surface area contributed by atoms with Crippen LogP contribution in [0.1, 0.15) is 28.2 Å². The van der Waals surface area contributed by atoms with Crippen molar-refractivity contribution >= 4 is 21.8 Å². The summed E-state index contributed by atoms with van der Waals surface area (Å²) in [6.07, 6.45) is 0.741. The lowest BCUT2D eigenvalue weighted by atomic mass is 10.0. The van der Waals surface area contributed by atoms with E-state index in [0.29, 0.717) is 22.3 Å². The standard InChI is InChI=1S/C13H17BrN4O2/c1-7-11(14)8(5-15)12(17-7)13(19)18-9-3-4-16-6-10(9)20-2/h9-10,16-17H,3-4,6H2,1-2H3,(H,18,19)/t9-,10-/m1/s1. The van der Waals surface area contributed by atoms with Crippen molar-refractivity contribution in [1.82, 2.24) is 15.6 Å². The van der Waals surface area contributed by atoms with Gasteiger partial charge in [-0.1, -0.05) is 0 Å². The van der Waals surface area contributed by atoms with Crippen LogP contribution in [0.4, 0.5) is 0 Å². The Morgan fingerprint density at radius 3 is 3.00 bits per heavy atom. The average Bonchev–Trinajstić information content (AvgIpc) is 2.75. The number of nitrogens with one attached hydrogen (secondary N) is 3. The Bertz CT molecular complexity index is 549. The third-order valence-corrected chi connectivity index (χ3v) is 4.49. The number of hydrogen-bond donors (Lipinski definition) is 3. The molecular weight excluding hydrogens is 324 g/mol. The highest BCUT2D eigenvalue weighted by Crippen LogP contribution is 2.24. The number of amides is 1. The second kappa shape index (κ2) is 6.39. The number of nitriles is 1. The summed E-state index contributed by atoms with van der Waals surface area (Å²) in [6.45, 7) is 3.35. The summed E-state index contributed by atoms with van der Waals surface area (Å²) < 4.78 is 6.00. The maximum atomic E-state index is 12.3. The van der Waals surface area contributed by atoms with Crippen molar-refractivity contribution < 1.29 is 9.53 Å². The fraction of sp³-hybridized carbons (Fsp3) is 0.538. The van der Waals surface area contributed by atoms with Crippen LogP contribution in [-0.2, 0) is 4.74 Å². The lowest BCUT2D eigenvalue weighted by Crippen LogP contribution is -2.53. The molecule has 2 rings (SSSR count). The SMILES string of the molecule is CO[C@@H]1CNCC[C@H]1NC(=O)c1[nH]c(C)c(Br)c1C#N. The van der Waals surface area contributed by atoms with E-state index in [1.165, 1.54) is 0 Å². The average molecular weight is 341 g/mol. The van der Waals surface area contributed by atoms with Gasteiger partial charge in [-0.2, -0.15) is 5.26 Å². The van der Waals surface area contributed by atoms with Gasteiger partial charge in [-0.25, -0.2) is 0 Å². The van der Waals surface area contributed by atoms with Gasteiger partial charge in [-0.15, -0.1) is 0 Å². The second-order valence-corrected chi connectivity index (χ2v) is 5.57. The van der Waals surface area contributed by atoms with Gasteiger partial charge < -0.3 is 20.4 Å². The van der Waals surface area contributed by atoms with E-state index >= 15 is 0 Å². The van der Waals surface area contributed by atoms with Crippen LogP contribution in [0.2, 0.25) is 0 Å². The van der Waals surface area contributed by atoms with Crippen LogP contribution in [-0.4, -0.2) is 43.2 Å². The summed E-state index contributed by atoms with van der Waals surface area (Å²) in [5.74, 6) is -0.274. The Hall–Kier alpha value is -1.36. The zero-order chi connectivity index (χ0) is 14.7. The second-order valence-electron chi connectivity index (χ2n) is 4.77. The predicted octanol–water partition coefficient (Wildman–Crippen LogP) is 1.06. The van der Waals surface area contributed by atoms with E-state index in [0.717, 1.165) is 18.7 Å². The Kier molecular flexibility index (Phi) is 4.81. The van der Waals surface area contributed by atoms with Crippen LogP contribution >= 0.6 is 15.9 Å². The summed E-state index contributed by atoms with van der Waals surface area (Å²) in [4.78, 5) is 15.3. The van der Waals surface area contributed by atoms with Crippen molar-refractivity contribution in [2.45, 2.75) is 25.5 Å². The zero-order valence-corrected chi connectivity index (χ0v) is 13.0. The number of piperidine rings is 1. The van der Waals surface area contributed by atoms with Crippen molar-refractivity contribution in [3.8, 4) is 6.07 Å². The van der Waals surface area contributed by atoms with E-state index in [1.807, 2.05) is 13.0 Å². The smallest absolute Gasteiger partial charge is 0.269 e. The molecule has 1 aliphatic heterocycles. The van der Waals surface area contributed by atoms with Crippen molar-refractivity contribution in [2.24, 2.45) is 0 Å². The molecule has 20 heavy (non-hydrogen) atoms. The Labute approximate surface area is 126 Å². The third kappa shape index (κ3) is 2.87. The quantitative estimate of drug-likeness (QED) is 0.767. The molecular formula is C13H17BrN4O2. The monoisotopic (exact) mass is 340 g/mol. The summed E-state index contributed by atoms with van der Waals surface area (Å²) in [5.41, 5.74) is 1.40. The molecule has 0 unspecified atom stereocenters. The minimum absolute atomic E-state index is 0.0531. The van der Waals surface area contributed by atoms with Crippen molar-refractivity contribution in [2.75, 3.05) is 20.2 Å². The minimum Gasteiger partial charge on any atom is -0.378 e. The predicted molar refractivity (Wildman–Crippen MR) is 77.5 cm³/mol. The number of rotatable bonds is 3. The summed E-state index contributed by atoms with van der Waals surface area (Å²) in [5, 5.41) is 15.3. The van der Waals surface area contributed by atoms with Gasteiger partial charge in [0.15, 0.2) is 0 Å². The first-order chi connectivity index (χ1) is 9.58. The molecule has 6 nitrogen and oxygen atoms in total. The minimum atomic E-state index is -0.274. The molecule has 1 amide bonds. The van der Waals surface area contributed by atoms with Gasteiger partial charge in [0, 0.05) is 19.3 Å². The molecule has 2 atom stereocenters. The number of methoxy groups -OCH3 is 1. The van der Waals surface area contributed by atoms with E-state index < -0.39 is 0 Å². The molecule has 0 aliphatic carbocycles. The molecule has 0 spiro atoms. The molecule has 1 fully saturated rings. The highest BCUT2D eigenvalue weighted by atomic mass is 79.9. The largest absolute Gasteiger partial charge is 0.378 e. The molecule has 3 N–H and O–H groups in total. The fourth-order valence-electron chi connectivity index (χ4n) is 2.36. The molecule has 0 radical (unpaired) electrons. The molecule has 1 aromatic heterocycles. The van der Waals surface area contributed by atoms with Gasteiger partial charge in [0.05, 0.1) is 22.2 Å². The molecule has 1 saturated heterocycles. The number of aryl methyl sites for hydroxylation is 1. The normalized spacial score (nSPS) is 22.3. The first-order valence-corrected chi connectivity index (χ1v) is 7.20. The third-order valence-electron chi connectivity index (χ3n) is 3.50. The topological polar surface area (TPSA) is 89.9 Å². The highest BCUT2D eigenvalue weighted by Gasteiger charge is 2.28. The number of nitrogens with zero attached hydrogens (tertiary/aromatic N) is 1. The Morgan fingerprint density at radius 2 is 2.35 bits per heavy atom. The lowest BCUT2D eigenvalue weighted by Gasteiger charge is -2.31. The number of carbonyl (C=O) groups excluding carboxylic acids is 1. The molecule has 2 heterocycles. The van der Waals surface area contributed by atoms with E-state index in [2.05, 4.69) is 31.5 Å². The van der Waals surface area contributed by atoms with Gasteiger partial charge in [-0.05, 0) is 35.8 Å². The molecule has 7 heteroatoms. The van der Waals surface area contributed by atoms with Gasteiger partial charge in [0.25, 0.3) is 5.91 Å².